The van der Waals surface area contributed by atoms with Gasteiger partial charge in [-0.15, -0.1) is 0 Å². The molecule has 1 aliphatic heterocycles. The molecule has 1 aromatic rings. The Kier molecular flexibility index (Phi) is 4.38. The van der Waals surface area contributed by atoms with Gasteiger partial charge in [-0.1, -0.05) is 0 Å². The summed E-state index contributed by atoms with van der Waals surface area (Å²) in [5.74, 6) is -0.0157. The molecule has 0 atom stereocenters. The van der Waals surface area contributed by atoms with Gasteiger partial charge in [-0.25, -0.2) is 8.78 Å². The van der Waals surface area contributed by atoms with E-state index in [2.05, 4.69) is 25.7 Å². The first-order valence-corrected chi connectivity index (χ1v) is 8.00. The van der Waals surface area contributed by atoms with Gasteiger partial charge in [0, 0.05) is 44.8 Å². The molecular weight excluding hydrogens is 326 g/mol. The molecule has 2 aliphatic rings. The van der Waals surface area contributed by atoms with Gasteiger partial charge in [-0.3, -0.25) is 4.90 Å². The first-order chi connectivity index (χ1) is 9.63. The van der Waals surface area contributed by atoms with Crippen LogP contribution in [0.2, 0.25) is 0 Å². The molecule has 1 aromatic carbocycles. The quantitative estimate of drug-likeness (QED) is 0.773. The number of halogens is 3. The first kappa shape index (κ1) is 14.4. The van der Waals surface area contributed by atoms with Crippen molar-refractivity contribution in [2.45, 2.75) is 19.4 Å². The van der Waals surface area contributed by atoms with E-state index in [0.29, 0.717) is 11.0 Å². The van der Waals surface area contributed by atoms with Gasteiger partial charge in [-0.05, 0) is 46.8 Å². The summed E-state index contributed by atoms with van der Waals surface area (Å²) < 4.78 is 28.0. The van der Waals surface area contributed by atoms with Crippen molar-refractivity contribution >= 4 is 15.9 Å². The van der Waals surface area contributed by atoms with Crippen LogP contribution in [0.5, 0.6) is 0 Å². The van der Waals surface area contributed by atoms with Crippen molar-refractivity contribution < 1.29 is 8.78 Å². The van der Waals surface area contributed by atoms with Crippen LogP contribution in [-0.2, 0) is 6.54 Å². The molecule has 3 rings (SSSR count). The number of hydrogen-bond donors (Lipinski definition) is 0. The van der Waals surface area contributed by atoms with Crippen LogP contribution in [0.3, 0.4) is 0 Å². The van der Waals surface area contributed by atoms with Crippen molar-refractivity contribution in [3.63, 3.8) is 0 Å². The molecule has 0 amide bonds. The van der Waals surface area contributed by atoms with Gasteiger partial charge in [0.05, 0.1) is 4.47 Å². The average molecular weight is 345 g/mol. The maximum Gasteiger partial charge on any atom is 0.144 e. The van der Waals surface area contributed by atoms with Crippen molar-refractivity contribution in [2.75, 3.05) is 32.7 Å². The monoisotopic (exact) mass is 344 g/mol. The molecule has 0 unspecified atom stereocenters. The van der Waals surface area contributed by atoms with Crippen LogP contribution in [-0.4, -0.2) is 42.5 Å². The minimum absolute atomic E-state index is 0.176. The summed E-state index contributed by atoms with van der Waals surface area (Å²) in [5.41, 5.74) is 0.176. The summed E-state index contributed by atoms with van der Waals surface area (Å²) in [6, 6.07) is 2.74. The number of rotatable bonds is 4. The molecule has 1 aliphatic carbocycles. The van der Waals surface area contributed by atoms with Gasteiger partial charge < -0.3 is 4.90 Å². The molecule has 1 saturated heterocycles. The van der Waals surface area contributed by atoms with Crippen molar-refractivity contribution in [1.29, 1.82) is 0 Å². The smallest absolute Gasteiger partial charge is 0.144 e. The van der Waals surface area contributed by atoms with Gasteiger partial charge in [0.15, 0.2) is 0 Å². The van der Waals surface area contributed by atoms with Crippen LogP contribution < -0.4 is 0 Å². The van der Waals surface area contributed by atoms with Crippen LogP contribution >= 0.6 is 15.9 Å². The molecule has 2 nitrogen and oxygen atoms in total. The Morgan fingerprint density at radius 3 is 2.35 bits per heavy atom. The summed E-state index contributed by atoms with van der Waals surface area (Å²) in [5, 5.41) is 0. The van der Waals surface area contributed by atoms with E-state index in [4.69, 9.17) is 0 Å². The van der Waals surface area contributed by atoms with E-state index in [1.165, 1.54) is 31.5 Å². The molecule has 0 aromatic heterocycles. The van der Waals surface area contributed by atoms with Gasteiger partial charge >= 0.3 is 0 Å². The Hall–Kier alpha value is -0.520. The Bertz CT molecular complexity index is 483. The van der Waals surface area contributed by atoms with Crippen LogP contribution in [0.15, 0.2) is 16.6 Å². The minimum atomic E-state index is -0.467. The second kappa shape index (κ2) is 6.08. The number of benzene rings is 1. The molecule has 5 heteroatoms. The summed E-state index contributed by atoms with van der Waals surface area (Å²) in [6.07, 6.45) is 2.74. The number of piperazine rings is 1. The van der Waals surface area contributed by atoms with E-state index in [-0.39, 0.29) is 5.56 Å². The molecule has 0 spiro atoms. The number of hydrogen-bond acceptors (Lipinski definition) is 2. The summed E-state index contributed by atoms with van der Waals surface area (Å²) in [6.45, 7) is 5.35. The zero-order valence-electron chi connectivity index (χ0n) is 11.4. The first-order valence-electron chi connectivity index (χ1n) is 7.20. The Morgan fingerprint density at radius 2 is 1.70 bits per heavy atom. The van der Waals surface area contributed by atoms with Gasteiger partial charge in [0.1, 0.15) is 11.6 Å². The molecule has 20 heavy (non-hydrogen) atoms. The predicted molar refractivity (Wildman–Crippen MR) is 78.5 cm³/mol. The highest BCUT2D eigenvalue weighted by atomic mass is 79.9. The van der Waals surface area contributed by atoms with Crippen LogP contribution in [0.1, 0.15) is 18.4 Å². The molecule has 1 heterocycles. The third-order valence-corrected chi connectivity index (χ3v) is 4.81. The van der Waals surface area contributed by atoms with E-state index in [1.54, 1.807) is 0 Å². The van der Waals surface area contributed by atoms with E-state index in [0.717, 1.165) is 32.1 Å². The summed E-state index contributed by atoms with van der Waals surface area (Å²) in [7, 11) is 0. The largest absolute Gasteiger partial charge is 0.301 e. The van der Waals surface area contributed by atoms with Crippen LogP contribution in [0.25, 0.3) is 0 Å². The second-order valence-electron chi connectivity index (χ2n) is 5.84. The standard InChI is InChI=1S/C15H19BrF2N2/c16-13-3-4-14(17)12(15(13)18)10-20-7-5-19(6-8-20)9-11-1-2-11/h3-4,11H,1-2,5-10H2. The normalized spacial score (nSPS) is 21.4. The SMILES string of the molecule is Fc1ccc(Br)c(F)c1CN1CCN(CC2CC2)CC1. The third-order valence-electron chi connectivity index (χ3n) is 4.20. The maximum atomic E-state index is 14.0. The van der Waals surface area contributed by atoms with E-state index in [9.17, 15) is 8.78 Å². The van der Waals surface area contributed by atoms with Gasteiger partial charge in [0.2, 0.25) is 0 Å². The summed E-state index contributed by atoms with van der Waals surface area (Å²) in [4.78, 5) is 4.61. The lowest BCUT2D eigenvalue weighted by Gasteiger charge is -2.34. The van der Waals surface area contributed by atoms with E-state index < -0.39 is 11.6 Å². The van der Waals surface area contributed by atoms with E-state index >= 15 is 0 Å². The third kappa shape index (κ3) is 3.38. The maximum absolute atomic E-state index is 14.0. The Balaban J connectivity index is 1.57. The fourth-order valence-corrected chi connectivity index (χ4v) is 3.10. The zero-order chi connectivity index (χ0) is 14.1. The Morgan fingerprint density at radius 1 is 1.05 bits per heavy atom. The molecule has 0 N–H and O–H groups in total. The lowest BCUT2D eigenvalue weighted by atomic mass is 10.1. The van der Waals surface area contributed by atoms with Crippen LogP contribution in [0, 0.1) is 17.6 Å². The number of nitrogens with zero attached hydrogens (tertiary/aromatic N) is 2. The molecule has 0 bridgehead atoms. The lowest BCUT2D eigenvalue weighted by Crippen LogP contribution is -2.46. The second-order valence-corrected chi connectivity index (χ2v) is 6.70. The van der Waals surface area contributed by atoms with E-state index in [1.807, 2.05) is 0 Å². The topological polar surface area (TPSA) is 6.48 Å². The Labute approximate surface area is 126 Å². The molecule has 110 valence electrons. The average Bonchev–Trinajstić information content (AvgIpc) is 3.25. The molecule has 2 fully saturated rings. The molecule has 1 saturated carbocycles. The molecular formula is C15H19BrF2N2. The zero-order valence-corrected chi connectivity index (χ0v) is 13.0. The highest BCUT2D eigenvalue weighted by Crippen LogP contribution is 2.30. The van der Waals surface area contributed by atoms with Crippen molar-refractivity contribution in [2.24, 2.45) is 5.92 Å². The molecule has 0 radical (unpaired) electrons. The van der Waals surface area contributed by atoms with Gasteiger partial charge in [-0.2, -0.15) is 0 Å². The van der Waals surface area contributed by atoms with Crippen LogP contribution in [0.4, 0.5) is 8.78 Å². The fraction of sp³-hybridized carbons (Fsp3) is 0.600. The predicted octanol–water partition coefficient (Wildman–Crippen LogP) is 3.25. The summed E-state index contributed by atoms with van der Waals surface area (Å²) >= 11 is 3.12. The van der Waals surface area contributed by atoms with Crippen molar-refractivity contribution in [3.8, 4) is 0 Å². The van der Waals surface area contributed by atoms with Crippen molar-refractivity contribution in [3.05, 3.63) is 33.8 Å². The highest BCUT2D eigenvalue weighted by molar-refractivity contribution is 9.10. The lowest BCUT2D eigenvalue weighted by molar-refractivity contribution is 0.121. The minimum Gasteiger partial charge on any atom is -0.301 e. The highest BCUT2D eigenvalue weighted by Gasteiger charge is 2.27. The fourth-order valence-electron chi connectivity index (χ4n) is 2.73. The van der Waals surface area contributed by atoms with Crippen molar-refractivity contribution in [1.82, 2.24) is 9.80 Å². The van der Waals surface area contributed by atoms with Gasteiger partial charge in [0.25, 0.3) is 0 Å².